The Bertz CT molecular complexity index is 400. The summed E-state index contributed by atoms with van der Waals surface area (Å²) in [5, 5.41) is 20.0. The molecule has 3 N–H and O–H groups in total. The van der Waals surface area contributed by atoms with Crippen molar-refractivity contribution in [2.45, 2.75) is 19.1 Å². The number of nitrogens with one attached hydrogen (secondary N) is 1. The van der Waals surface area contributed by atoms with E-state index in [1.54, 1.807) is 0 Å². The molecule has 0 radical (unpaired) electrons. The SMILES string of the molecule is C[C@@H](O)[C@H](NC(=O)c1ccc(Br)o1)C(=O)O. The molecule has 0 saturated heterocycles. The third kappa shape index (κ3) is 3.07. The highest BCUT2D eigenvalue weighted by atomic mass is 79.9. The first-order chi connectivity index (χ1) is 7.41. The summed E-state index contributed by atoms with van der Waals surface area (Å²) in [6.07, 6.45) is -1.19. The minimum absolute atomic E-state index is 0.0289. The van der Waals surface area contributed by atoms with Gasteiger partial charge in [-0.05, 0) is 35.0 Å². The zero-order chi connectivity index (χ0) is 12.3. The highest BCUT2D eigenvalue weighted by Gasteiger charge is 2.26. The van der Waals surface area contributed by atoms with Crippen LogP contribution in [0.25, 0.3) is 0 Å². The zero-order valence-electron chi connectivity index (χ0n) is 8.31. The van der Waals surface area contributed by atoms with Gasteiger partial charge >= 0.3 is 5.97 Å². The van der Waals surface area contributed by atoms with E-state index in [1.165, 1.54) is 19.1 Å². The molecule has 0 bridgehead atoms. The topological polar surface area (TPSA) is 99.8 Å². The van der Waals surface area contributed by atoms with Crippen molar-refractivity contribution < 1.29 is 24.2 Å². The molecule has 16 heavy (non-hydrogen) atoms. The van der Waals surface area contributed by atoms with E-state index in [9.17, 15) is 9.59 Å². The fraction of sp³-hybridized carbons (Fsp3) is 0.333. The molecule has 6 nitrogen and oxygen atoms in total. The maximum atomic E-state index is 11.5. The third-order valence-corrected chi connectivity index (χ3v) is 2.26. The van der Waals surface area contributed by atoms with E-state index >= 15 is 0 Å². The van der Waals surface area contributed by atoms with Crippen molar-refractivity contribution in [1.82, 2.24) is 5.32 Å². The van der Waals surface area contributed by atoms with Gasteiger partial charge in [-0.25, -0.2) is 4.79 Å². The lowest BCUT2D eigenvalue weighted by Crippen LogP contribution is -2.47. The second-order valence-corrected chi connectivity index (χ2v) is 3.92. The molecule has 0 fully saturated rings. The highest BCUT2D eigenvalue weighted by Crippen LogP contribution is 2.14. The van der Waals surface area contributed by atoms with Crippen molar-refractivity contribution >= 4 is 27.8 Å². The van der Waals surface area contributed by atoms with Gasteiger partial charge < -0.3 is 19.9 Å². The van der Waals surface area contributed by atoms with Crippen LogP contribution in [-0.2, 0) is 4.79 Å². The average Bonchev–Trinajstić information content (AvgIpc) is 2.59. The van der Waals surface area contributed by atoms with Gasteiger partial charge in [-0.3, -0.25) is 4.79 Å². The fourth-order valence-corrected chi connectivity index (χ4v) is 1.34. The maximum absolute atomic E-state index is 11.5. The van der Waals surface area contributed by atoms with Crippen molar-refractivity contribution in [2.75, 3.05) is 0 Å². The number of carbonyl (C=O) groups excluding carboxylic acids is 1. The number of furan rings is 1. The zero-order valence-corrected chi connectivity index (χ0v) is 9.89. The van der Waals surface area contributed by atoms with Gasteiger partial charge in [0.15, 0.2) is 16.5 Å². The standard InChI is InChI=1S/C9H10BrNO5/c1-4(12)7(9(14)15)11-8(13)5-2-3-6(10)16-5/h2-4,7,12H,1H3,(H,11,13)(H,14,15)/t4-,7+/m1/s1. The van der Waals surface area contributed by atoms with Crippen LogP contribution >= 0.6 is 15.9 Å². The summed E-state index contributed by atoms with van der Waals surface area (Å²) in [4.78, 5) is 22.2. The predicted molar refractivity (Wildman–Crippen MR) is 57.0 cm³/mol. The Labute approximate surface area is 99.4 Å². The summed E-state index contributed by atoms with van der Waals surface area (Å²) in [5.74, 6) is -2.04. The first-order valence-electron chi connectivity index (χ1n) is 4.39. The van der Waals surface area contributed by atoms with Gasteiger partial charge in [-0.15, -0.1) is 0 Å². The van der Waals surface area contributed by atoms with Crippen molar-refractivity contribution in [3.8, 4) is 0 Å². The molecule has 88 valence electrons. The number of carbonyl (C=O) groups is 2. The summed E-state index contributed by atoms with van der Waals surface area (Å²) >= 11 is 3.01. The second-order valence-electron chi connectivity index (χ2n) is 3.13. The van der Waals surface area contributed by atoms with Crippen molar-refractivity contribution in [2.24, 2.45) is 0 Å². The second kappa shape index (κ2) is 5.13. The lowest BCUT2D eigenvalue weighted by atomic mass is 10.2. The molecule has 0 aliphatic carbocycles. The number of carboxylic acid groups (broad SMARTS) is 1. The number of halogens is 1. The number of carboxylic acids is 1. The summed E-state index contributed by atoms with van der Waals surface area (Å²) < 4.78 is 5.30. The minimum atomic E-state index is -1.36. The Kier molecular flexibility index (Phi) is 4.08. The molecule has 1 amide bonds. The Balaban J connectivity index is 2.73. The minimum Gasteiger partial charge on any atom is -0.480 e. The lowest BCUT2D eigenvalue weighted by molar-refractivity contribution is -0.141. The van der Waals surface area contributed by atoms with Crippen LogP contribution in [0.3, 0.4) is 0 Å². The number of aliphatic hydroxyl groups is 1. The van der Waals surface area contributed by atoms with Crippen molar-refractivity contribution in [3.63, 3.8) is 0 Å². The number of rotatable bonds is 4. The molecule has 0 saturated carbocycles. The van der Waals surface area contributed by atoms with Crippen LogP contribution in [0.15, 0.2) is 21.2 Å². The van der Waals surface area contributed by atoms with Crippen molar-refractivity contribution in [3.05, 3.63) is 22.6 Å². The van der Waals surface area contributed by atoms with Crippen LogP contribution < -0.4 is 5.32 Å². The predicted octanol–water partition coefficient (Wildman–Crippen LogP) is 0.606. The normalized spacial score (nSPS) is 14.2. The molecule has 7 heteroatoms. The van der Waals surface area contributed by atoms with Crippen LogP contribution in [0.4, 0.5) is 0 Å². The molecule has 2 atom stereocenters. The van der Waals surface area contributed by atoms with Gasteiger partial charge in [-0.2, -0.15) is 0 Å². The Morgan fingerprint density at radius 2 is 2.12 bits per heavy atom. The Morgan fingerprint density at radius 1 is 1.50 bits per heavy atom. The van der Waals surface area contributed by atoms with Gasteiger partial charge in [0.1, 0.15) is 0 Å². The summed E-state index contributed by atoms with van der Waals surface area (Å²) in [5.41, 5.74) is 0. The molecule has 1 aromatic rings. The Hall–Kier alpha value is -1.34. The fourth-order valence-electron chi connectivity index (χ4n) is 1.04. The van der Waals surface area contributed by atoms with E-state index in [-0.39, 0.29) is 5.76 Å². The first-order valence-corrected chi connectivity index (χ1v) is 5.18. The number of amides is 1. The summed E-state index contributed by atoms with van der Waals surface area (Å²) in [6.45, 7) is 1.27. The van der Waals surface area contributed by atoms with E-state index in [2.05, 4.69) is 21.2 Å². The molecular weight excluding hydrogens is 282 g/mol. The van der Waals surface area contributed by atoms with Crippen LogP contribution in [0.2, 0.25) is 0 Å². The van der Waals surface area contributed by atoms with E-state index < -0.39 is 24.0 Å². The summed E-state index contributed by atoms with van der Waals surface area (Å²) in [7, 11) is 0. The number of hydrogen-bond acceptors (Lipinski definition) is 4. The quantitative estimate of drug-likeness (QED) is 0.755. The van der Waals surface area contributed by atoms with Gasteiger partial charge in [0.05, 0.1) is 6.10 Å². The van der Waals surface area contributed by atoms with Gasteiger partial charge in [-0.1, -0.05) is 0 Å². The molecule has 1 heterocycles. The largest absolute Gasteiger partial charge is 0.480 e. The van der Waals surface area contributed by atoms with E-state index in [0.717, 1.165) is 0 Å². The molecule has 0 aromatic carbocycles. The molecular formula is C9H10BrNO5. The van der Waals surface area contributed by atoms with Crippen LogP contribution in [0, 0.1) is 0 Å². The number of hydrogen-bond donors (Lipinski definition) is 3. The monoisotopic (exact) mass is 291 g/mol. The molecule has 0 unspecified atom stereocenters. The van der Waals surface area contributed by atoms with Gasteiger partial charge in [0.25, 0.3) is 5.91 Å². The van der Waals surface area contributed by atoms with Gasteiger partial charge in [0.2, 0.25) is 0 Å². The maximum Gasteiger partial charge on any atom is 0.328 e. The molecule has 0 aliphatic heterocycles. The number of aliphatic hydroxyl groups excluding tert-OH is 1. The number of aliphatic carboxylic acids is 1. The molecule has 0 aliphatic rings. The third-order valence-electron chi connectivity index (χ3n) is 1.83. The van der Waals surface area contributed by atoms with Crippen LogP contribution in [0.1, 0.15) is 17.5 Å². The highest BCUT2D eigenvalue weighted by molar-refractivity contribution is 9.10. The van der Waals surface area contributed by atoms with Crippen molar-refractivity contribution in [1.29, 1.82) is 0 Å². The van der Waals surface area contributed by atoms with Crippen LogP contribution in [-0.4, -0.2) is 34.2 Å². The lowest BCUT2D eigenvalue weighted by Gasteiger charge is -2.15. The van der Waals surface area contributed by atoms with Gasteiger partial charge in [0, 0.05) is 0 Å². The summed E-state index contributed by atoms with van der Waals surface area (Å²) in [6, 6.07) is 1.53. The molecule has 1 aromatic heterocycles. The smallest absolute Gasteiger partial charge is 0.328 e. The van der Waals surface area contributed by atoms with E-state index in [0.29, 0.717) is 4.67 Å². The molecule has 1 rings (SSSR count). The average molecular weight is 292 g/mol. The Morgan fingerprint density at radius 3 is 2.50 bits per heavy atom. The van der Waals surface area contributed by atoms with E-state index in [1.807, 2.05) is 0 Å². The van der Waals surface area contributed by atoms with Crippen LogP contribution in [0.5, 0.6) is 0 Å². The van der Waals surface area contributed by atoms with E-state index in [4.69, 9.17) is 14.6 Å². The first kappa shape index (κ1) is 12.7. The molecule has 0 spiro atoms.